The van der Waals surface area contributed by atoms with E-state index in [1.54, 1.807) is 30.5 Å². The van der Waals surface area contributed by atoms with Gasteiger partial charge in [-0.15, -0.1) is 0 Å². The first kappa shape index (κ1) is 18.8. The van der Waals surface area contributed by atoms with Gasteiger partial charge in [0.1, 0.15) is 0 Å². The van der Waals surface area contributed by atoms with Crippen LogP contribution in [0, 0.1) is 0 Å². The topological polar surface area (TPSA) is 88.2 Å². The second-order valence-electron chi connectivity index (χ2n) is 5.93. The summed E-state index contributed by atoms with van der Waals surface area (Å²) in [5.41, 5.74) is 1.92. The van der Waals surface area contributed by atoms with Crippen LogP contribution in [0.15, 0.2) is 83.9 Å². The van der Waals surface area contributed by atoms with Crippen molar-refractivity contribution >= 4 is 21.6 Å². The maximum atomic E-state index is 12.9. The molecule has 0 aliphatic heterocycles. The molecule has 3 aromatic rings. The van der Waals surface area contributed by atoms with Gasteiger partial charge in [0.05, 0.1) is 16.6 Å². The molecule has 7 heteroatoms. The van der Waals surface area contributed by atoms with Crippen molar-refractivity contribution in [1.82, 2.24) is 9.71 Å². The van der Waals surface area contributed by atoms with Gasteiger partial charge in [-0.05, 0) is 42.0 Å². The van der Waals surface area contributed by atoms with Gasteiger partial charge in [-0.25, -0.2) is 8.42 Å². The molecule has 2 N–H and O–H groups in total. The Morgan fingerprint density at radius 3 is 2.19 bits per heavy atom. The number of rotatable bonds is 6. The van der Waals surface area contributed by atoms with Crippen LogP contribution in [-0.2, 0) is 14.8 Å². The molecule has 3 rings (SSSR count). The van der Waals surface area contributed by atoms with Crippen LogP contribution in [-0.4, -0.2) is 19.3 Å². The molecule has 1 aromatic heterocycles. The van der Waals surface area contributed by atoms with Gasteiger partial charge < -0.3 is 5.32 Å². The van der Waals surface area contributed by atoms with Crippen molar-refractivity contribution < 1.29 is 13.2 Å². The van der Waals surface area contributed by atoms with Gasteiger partial charge in [-0.2, -0.15) is 4.72 Å². The maximum absolute atomic E-state index is 12.9. The first-order valence-electron chi connectivity index (χ1n) is 8.31. The van der Waals surface area contributed by atoms with Crippen LogP contribution >= 0.6 is 0 Å². The fourth-order valence-electron chi connectivity index (χ4n) is 2.64. The zero-order valence-electron chi connectivity index (χ0n) is 14.7. The van der Waals surface area contributed by atoms with Crippen LogP contribution in [0.4, 0.5) is 5.69 Å². The summed E-state index contributed by atoms with van der Waals surface area (Å²) in [6.45, 7) is 1.39. The number of pyridine rings is 1. The van der Waals surface area contributed by atoms with E-state index in [2.05, 4.69) is 15.0 Å². The highest BCUT2D eigenvalue weighted by atomic mass is 32.2. The molecule has 1 amide bonds. The Bertz CT molecular complexity index is 966. The molecule has 0 radical (unpaired) electrons. The molecule has 0 spiro atoms. The van der Waals surface area contributed by atoms with Gasteiger partial charge in [0.25, 0.3) is 0 Å². The number of nitrogens with zero attached hydrogens (tertiary/aromatic N) is 1. The average molecular weight is 381 g/mol. The van der Waals surface area contributed by atoms with Crippen LogP contribution in [0.1, 0.15) is 24.2 Å². The van der Waals surface area contributed by atoms with Crippen molar-refractivity contribution in [3.63, 3.8) is 0 Å². The Morgan fingerprint density at radius 1 is 0.926 bits per heavy atom. The molecule has 1 heterocycles. The quantitative estimate of drug-likeness (QED) is 0.687. The van der Waals surface area contributed by atoms with E-state index < -0.39 is 16.1 Å². The van der Waals surface area contributed by atoms with Crippen molar-refractivity contribution in [2.75, 3.05) is 5.32 Å². The summed E-state index contributed by atoms with van der Waals surface area (Å²) in [6.07, 6.45) is 1.63. The van der Waals surface area contributed by atoms with Crippen molar-refractivity contribution in [3.05, 3.63) is 90.3 Å². The largest absolute Gasteiger partial charge is 0.326 e. The number of hydrogen-bond acceptors (Lipinski definition) is 4. The minimum atomic E-state index is -3.80. The molecule has 0 aliphatic rings. The Hall–Kier alpha value is -3.03. The summed E-state index contributed by atoms with van der Waals surface area (Å²) >= 11 is 0. The molecule has 1 atom stereocenters. The summed E-state index contributed by atoms with van der Waals surface area (Å²) in [5, 5.41) is 2.61. The van der Waals surface area contributed by atoms with Crippen molar-refractivity contribution in [1.29, 1.82) is 0 Å². The molecule has 0 saturated heterocycles. The monoisotopic (exact) mass is 381 g/mol. The zero-order chi connectivity index (χ0) is 19.3. The molecule has 6 nitrogen and oxygen atoms in total. The number of sulfonamides is 1. The van der Waals surface area contributed by atoms with Crippen LogP contribution < -0.4 is 10.0 Å². The van der Waals surface area contributed by atoms with E-state index in [1.165, 1.54) is 19.1 Å². The molecule has 138 valence electrons. The number of benzene rings is 2. The molecule has 0 fully saturated rings. The third-order valence-corrected chi connectivity index (χ3v) is 5.31. The Kier molecular flexibility index (Phi) is 5.63. The van der Waals surface area contributed by atoms with Gasteiger partial charge in [-0.1, -0.05) is 36.4 Å². The van der Waals surface area contributed by atoms with Crippen molar-refractivity contribution in [2.24, 2.45) is 0 Å². The molecular formula is C20H19N3O3S. The molecule has 27 heavy (non-hydrogen) atoms. The summed E-state index contributed by atoms with van der Waals surface area (Å²) in [5.74, 6) is -0.219. The normalized spacial score (nSPS) is 12.3. The maximum Gasteiger partial charge on any atom is 0.241 e. The van der Waals surface area contributed by atoms with Gasteiger partial charge in [0, 0.05) is 18.8 Å². The van der Waals surface area contributed by atoms with Crippen LogP contribution in [0.2, 0.25) is 0 Å². The van der Waals surface area contributed by atoms with E-state index in [4.69, 9.17) is 0 Å². The predicted molar refractivity (Wildman–Crippen MR) is 104 cm³/mol. The minimum Gasteiger partial charge on any atom is -0.326 e. The Labute approximate surface area is 158 Å². The third-order valence-electron chi connectivity index (χ3n) is 3.87. The van der Waals surface area contributed by atoms with Crippen LogP contribution in [0.5, 0.6) is 0 Å². The Morgan fingerprint density at radius 2 is 1.59 bits per heavy atom. The van der Waals surface area contributed by atoms with Crippen LogP contribution in [0.25, 0.3) is 0 Å². The van der Waals surface area contributed by atoms with Gasteiger partial charge >= 0.3 is 0 Å². The van der Waals surface area contributed by atoms with Gasteiger partial charge in [0.15, 0.2) is 0 Å². The Balaban J connectivity index is 1.92. The fourth-order valence-corrected chi connectivity index (χ4v) is 3.83. The lowest BCUT2D eigenvalue weighted by Crippen LogP contribution is -2.30. The number of hydrogen-bond donors (Lipinski definition) is 2. The van der Waals surface area contributed by atoms with Crippen molar-refractivity contribution in [2.45, 2.75) is 17.9 Å². The number of nitrogens with one attached hydrogen (secondary N) is 2. The number of anilines is 1. The summed E-state index contributed by atoms with van der Waals surface area (Å²) in [6, 6.07) is 20.0. The minimum absolute atomic E-state index is 0.105. The first-order chi connectivity index (χ1) is 13.0. The molecular weight excluding hydrogens is 362 g/mol. The zero-order valence-corrected chi connectivity index (χ0v) is 15.5. The lowest BCUT2D eigenvalue weighted by molar-refractivity contribution is -0.114. The predicted octanol–water partition coefficient (Wildman–Crippen LogP) is 3.11. The highest BCUT2D eigenvalue weighted by Gasteiger charge is 2.23. The number of aromatic nitrogens is 1. The van der Waals surface area contributed by atoms with Gasteiger partial charge in [-0.3, -0.25) is 9.78 Å². The second-order valence-corrected chi connectivity index (χ2v) is 7.64. The second kappa shape index (κ2) is 8.11. The molecule has 0 aliphatic carbocycles. The van der Waals surface area contributed by atoms with E-state index in [9.17, 15) is 13.2 Å². The van der Waals surface area contributed by atoms with E-state index >= 15 is 0 Å². The number of amides is 1. The SMILES string of the molecule is CC(=O)Nc1ccc(S(=O)(=O)N[C@@H](c2ccccc2)c2ccccn2)cc1. The third kappa shape index (κ3) is 4.78. The number of carbonyl (C=O) groups is 1. The smallest absolute Gasteiger partial charge is 0.241 e. The van der Waals surface area contributed by atoms with Gasteiger partial charge in [0.2, 0.25) is 15.9 Å². The van der Waals surface area contributed by atoms with E-state index in [-0.39, 0.29) is 10.8 Å². The van der Waals surface area contributed by atoms with Crippen LogP contribution in [0.3, 0.4) is 0 Å². The molecule has 0 saturated carbocycles. The highest BCUT2D eigenvalue weighted by molar-refractivity contribution is 7.89. The summed E-state index contributed by atoms with van der Waals surface area (Å²) in [4.78, 5) is 15.5. The molecule has 2 aromatic carbocycles. The molecule has 0 unspecified atom stereocenters. The molecule has 0 bridgehead atoms. The van der Waals surface area contributed by atoms with E-state index in [1.807, 2.05) is 36.4 Å². The van der Waals surface area contributed by atoms with Crippen molar-refractivity contribution in [3.8, 4) is 0 Å². The lowest BCUT2D eigenvalue weighted by atomic mass is 10.0. The van der Waals surface area contributed by atoms with E-state index in [0.29, 0.717) is 11.4 Å². The lowest BCUT2D eigenvalue weighted by Gasteiger charge is -2.19. The fraction of sp³-hybridized carbons (Fsp3) is 0.100. The highest BCUT2D eigenvalue weighted by Crippen LogP contribution is 2.23. The summed E-state index contributed by atoms with van der Waals surface area (Å²) < 4.78 is 28.5. The summed E-state index contributed by atoms with van der Waals surface area (Å²) in [7, 11) is -3.80. The first-order valence-corrected chi connectivity index (χ1v) is 9.80. The standard InChI is InChI=1S/C20H19N3O3S/c1-15(24)22-17-10-12-18(13-11-17)27(25,26)23-20(16-7-3-2-4-8-16)19-9-5-6-14-21-19/h2-14,20,23H,1H3,(H,22,24)/t20-/m0/s1. The van der Waals surface area contributed by atoms with E-state index in [0.717, 1.165) is 5.56 Å². The number of carbonyl (C=O) groups excluding carboxylic acids is 1. The average Bonchev–Trinajstić information content (AvgIpc) is 2.67.